The summed E-state index contributed by atoms with van der Waals surface area (Å²) in [7, 11) is 3.45. The van der Waals surface area contributed by atoms with Crippen LogP contribution in [0.1, 0.15) is 0 Å². The van der Waals surface area contributed by atoms with E-state index in [-0.39, 0.29) is 0 Å². The maximum Gasteiger partial charge on any atom is -0.000111 e. The van der Waals surface area contributed by atoms with Crippen molar-refractivity contribution in [3.05, 3.63) is 0 Å². The van der Waals surface area contributed by atoms with Crippen LogP contribution in [-0.4, -0.2) is 14.1 Å². The SMILES string of the molecule is CNNNNNNNNNC. The molecule has 0 aromatic heterocycles. The molecule has 0 saturated heterocycles. The second kappa shape index (κ2) is 9.64. The Morgan fingerprint density at radius 2 is 0.727 bits per heavy atom. The van der Waals surface area contributed by atoms with E-state index >= 15 is 0 Å². The highest BCUT2D eigenvalue weighted by molar-refractivity contribution is 4.13. The first kappa shape index (κ1) is 10.6. The van der Waals surface area contributed by atoms with Gasteiger partial charge in [0.25, 0.3) is 0 Å². The molecule has 9 nitrogen and oxygen atoms in total. The van der Waals surface area contributed by atoms with Gasteiger partial charge in [0.1, 0.15) is 0 Å². The Balaban J connectivity index is 2.69. The van der Waals surface area contributed by atoms with Crippen molar-refractivity contribution >= 4 is 0 Å². The molecular formula is C2H15N9. The van der Waals surface area contributed by atoms with E-state index in [9.17, 15) is 0 Å². The van der Waals surface area contributed by atoms with Gasteiger partial charge in [0.15, 0.2) is 0 Å². The summed E-state index contributed by atoms with van der Waals surface area (Å²) in [6, 6.07) is 0. The van der Waals surface area contributed by atoms with Gasteiger partial charge in [0.2, 0.25) is 0 Å². The number of hydrogen-bond donors (Lipinski definition) is 9. The van der Waals surface area contributed by atoms with Crippen molar-refractivity contribution in [2.75, 3.05) is 14.1 Å². The Morgan fingerprint density at radius 1 is 0.455 bits per heavy atom. The number of hydrazine groups is 8. The molecule has 0 unspecified atom stereocenters. The third-order valence-electron chi connectivity index (χ3n) is 0.625. The van der Waals surface area contributed by atoms with E-state index in [4.69, 9.17) is 0 Å². The van der Waals surface area contributed by atoms with Crippen LogP contribution < -0.4 is 49.6 Å². The third-order valence-corrected chi connectivity index (χ3v) is 0.625. The van der Waals surface area contributed by atoms with Crippen molar-refractivity contribution in [1.29, 1.82) is 0 Å². The molecule has 0 atom stereocenters. The zero-order valence-corrected chi connectivity index (χ0v) is 6.50. The van der Waals surface area contributed by atoms with Gasteiger partial charge < -0.3 is 0 Å². The molecule has 0 bridgehead atoms. The highest BCUT2D eigenvalue weighted by Gasteiger charge is 1.77. The van der Waals surface area contributed by atoms with Gasteiger partial charge >= 0.3 is 0 Å². The molecule has 0 heterocycles. The zero-order valence-electron chi connectivity index (χ0n) is 6.50. The van der Waals surface area contributed by atoms with Crippen LogP contribution in [0.25, 0.3) is 0 Å². The van der Waals surface area contributed by atoms with Crippen LogP contribution in [0, 0.1) is 0 Å². The van der Waals surface area contributed by atoms with E-state index in [0.29, 0.717) is 0 Å². The molecule has 9 N–H and O–H groups in total. The molecule has 68 valence electrons. The van der Waals surface area contributed by atoms with Gasteiger partial charge in [-0.05, 0) is 14.1 Å². The fraction of sp³-hybridized carbons (Fsp3) is 1.00. The van der Waals surface area contributed by atoms with E-state index in [1.807, 2.05) is 0 Å². The van der Waals surface area contributed by atoms with Crippen LogP contribution in [0.4, 0.5) is 0 Å². The van der Waals surface area contributed by atoms with Crippen LogP contribution in [0.3, 0.4) is 0 Å². The van der Waals surface area contributed by atoms with Crippen LogP contribution >= 0.6 is 0 Å². The van der Waals surface area contributed by atoms with Crippen LogP contribution in [0.2, 0.25) is 0 Å². The van der Waals surface area contributed by atoms with Gasteiger partial charge in [-0.15, -0.1) is 0 Å². The Hall–Kier alpha value is -0.360. The Morgan fingerprint density at radius 3 is 1.00 bits per heavy atom. The second-order valence-corrected chi connectivity index (χ2v) is 1.38. The van der Waals surface area contributed by atoms with Crippen LogP contribution in [0.15, 0.2) is 0 Å². The number of rotatable bonds is 8. The zero-order chi connectivity index (χ0) is 8.36. The molecule has 0 amide bonds. The highest BCUT2D eigenvalue weighted by atomic mass is 15.9. The molecule has 0 aromatic rings. The lowest BCUT2D eigenvalue weighted by molar-refractivity contribution is 0.251. The molecule has 0 spiro atoms. The van der Waals surface area contributed by atoms with Crippen molar-refractivity contribution in [1.82, 2.24) is 49.6 Å². The van der Waals surface area contributed by atoms with E-state index in [1.54, 1.807) is 14.1 Å². The molecule has 0 fully saturated rings. The normalized spacial score (nSPS) is 10.4. The molecule has 0 saturated carbocycles. The fourth-order valence-corrected chi connectivity index (χ4v) is 0.281. The van der Waals surface area contributed by atoms with E-state index in [2.05, 4.69) is 49.6 Å². The van der Waals surface area contributed by atoms with Gasteiger partial charge in [-0.1, -0.05) is 0 Å². The minimum Gasteiger partial charge on any atom is -0.246 e. The second-order valence-electron chi connectivity index (χ2n) is 1.38. The summed E-state index contributed by atoms with van der Waals surface area (Å²) in [4.78, 5) is 0. The van der Waals surface area contributed by atoms with E-state index in [0.717, 1.165) is 0 Å². The summed E-state index contributed by atoms with van der Waals surface area (Å²) in [6.45, 7) is 0. The summed E-state index contributed by atoms with van der Waals surface area (Å²) < 4.78 is 0. The molecule has 0 aliphatic rings. The standard InChI is InChI=1S/C2H15N9/c1-3-5-7-9-11-10-8-6-4-2/h3-11H,1-2H3. The van der Waals surface area contributed by atoms with E-state index < -0.39 is 0 Å². The lowest BCUT2D eigenvalue weighted by Crippen LogP contribution is -2.63. The van der Waals surface area contributed by atoms with Gasteiger partial charge in [-0.3, -0.25) is 0 Å². The maximum atomic E-state index is 2.63. The average molecular weight is 165 g/mol. The van der Waals surface area contributed by atoms with Gasteiger partial charge in [0, 0.05) is 0 Å². The number of nitrogens with one attached hydrogen (secondary N) is 9. The average Bonchev–Trinajstić information content (AvgIpc) is 2.03. The van der Waals surface area contributed by atoms with Crippen LogP contribution in [0.5, 0.6) is 0 Å². The first-order valence-electron chi connectivity index (χ1n) is 3.00. The summed E-state index contributed by atoms with van der Waals surface area (Å²) in [5.74, 6) is 0. The molecule has 0 rings (SSSR count). The smallest absolute Gasteiger partial charge is 0.000111 e. The van der Waals surface area contributed by atoms with Gasteiger partial charge in [-0.25, -0.2) is 10.9 Å². The Bertz CT molecular complexity index is 56.6. The minimum absolute atomic E-state index is 1.73. The maximum absolute atomic E-state index is 2.63. The molecule has 9 heteroatoms. The molecule has 0 aliphatic carbocycles. The van der Waals surface area contributed by atoms with Crippen LogP contribution in [-0.2, 0) is 0 Å². The first-order valence-corrected chi connectivity index (χ1v) is 3.00. The predicted molar refractivity (Wildman–Crippen MR) is 40.1 cm³/mol. The lowest BCUT2D eigenvalue weighted by Gasteiger charge is -2.10. The van der Waals surface area contributed by atoms with Crippen molar-refractivity contribution in [2.24, 2.45) is 0 Å². The largest absolute Gasteiger partial charge is 0.246 e. The fourth-order valence-electron chi connectivity index (χ4n) is 0.281. The van der Waals surface area contributed by atoms with Crippen molar-refractivity contribution in [3.63, 3.8) is 0 Å². The third kappa shape index (κ3) is 9.64. The minimum atomic E-state index is 1.73. The Labute approximate surface area is 64.8 Å². The lowest BCUT2D eigenvalue weighted by atomic mass is 11.5. The topological polar surface area (TPSA) is 108 Å². The molecule has 0 aromatic carbocycles. The predicted octanol–water partition coefficient (Wildman–Crippen LogP) is -4.13. The van der Waals surface area contributed by atoms with Gasteiger partial charge in [-0.2, -0.15) is 38.7 Å². The number of hydrogen-bond acceptors (Lipinski definition) is 9. The molecule has 0 aliphatic heterocycles. The van der Waals surface area contributed by atoms with E-state index in [1.165, 1.54) is 0 Å². The Kier molecular flexibility index (Phi) is 9.32. The molecular weight excluding hydrogens is 150 g/mol. The van der Waals surface area contributed by atoms with Crippen molar-refractivity contribution in [2.45, 2.75) is 0 Å². The monoisotopic (exact) mass is 165 g/mol. The summed E-state index contributed by atoms with van der Waals surface area (Å²) >= 11 is 0. The highest BCUT2D eigenvalue weighted by Crippen LogP contribution is 1.25. The summed E-state index contributed by atoms with van der Waals surface area (Å²) in [5, 5.41) is 0. The molecule has 0 radical (unpaired) electrons. The van der Waals surface area contributed by atoms with Crippen molar-refractivity contribution in [3.8, 4) is 0 Å². The quantitative estimate of drug-likeness (QED) is 0.131. The summed E-state index contributed by atoms with van der Waals surface area (Å²) in [6.07, 6.45) is 0. The summed E-state index contributed by atoms with van der Waals surface area (Å²) in [5.41, 5.74) is 23.0. The van der Waals surface area contributed by atoms with Crippen molar-refractivity contribution < 1.29 is 0 Å². The first-order chi connectivity index (χ1) is 5.41. The molecule has 11 heavy (non-hydrogen) atoms. The van der Waals surface area contributed by atoms with Gasteiger partial charge in [0.05, 0.1) is 0 Å².